The van der Waals surface area contributed by atoms with Gasteiger partial charge in [0.25, 0.3) is 5.91 Å². The molecule has 0 bridgehead atoms. The topological polar surface area (TPSA) is 92.2 Å². The summed E-state index contributed by atoms with van der Waals surface area (Å²) in [6, 6.07) is 7.84. The van der Waals surface area contributed by atoms with Crippen LogP contribution in [0, 0.1) is 6.92 Å². The second kappa shape index (κ2) is 9.45. The van der Waals surface area contributed by atoms with Crippen molar-refractivity contribution < 1.29 is 9.59 Å². The Labute approximate surface area is 165 Å². The van der Waals surface area contributed by atoms with Gasteiger partial charge in [-0.05, 0) is 50.9 Å². The van der Waals surface area contributed by atoms with Gasteiger partial charge in [0.05, 0.1) is 12.2 Å². The number of hydrogen-bond acceptors (Lipinski definition) is 5. The van der Waals surface area contributed by atoms with Crippen LogP contribution in [0.2, 0.25) is 0 Å². The first-order valence-electron chi connectivity index (χ1n) is 9.85. The summed E-state index contributed by atoms with van der Waals surface area (Å²) >= 11 is 0. The van der Waals surface area contributed by atoms with Crippen LogP contribution in [0.25, 0.3) is 0 Å². The monoisotopic (exact) mass is 384 g/mol. The predicted octanol–water partition coefficient (Wildman–Crippen LogP) is 2.00. The van der Waals surface area contributed by atoms with Gasteiger partial charge >= 0.3 is 0 Å². The number of aromatic nitrogens is 3. The number of benzene rings is 1. The van der Waals surface area contributed by atoms with Crippen molar-refractivity contribution in [1.29, 1.82) is 0 Å². The van der Waals surface area contributed by atoms with Gasteiger partial charge in [0.1, 0.15) is 6.54 Å². The van der Waals surface area contributed by atoms with E-state index in [-0.39, 0.29) is 30.1 Å². The highest BCUT2D eigenvalue weighted by Gasteiger charge is 2.23. The van der Waals surface area contributed by atoms with E-state index in [2.05, 4.69) is 20.9 Å². The average molecular weight is 384 g/mol. The fraction of sp³-hybridized carbons (Fsp3) is 0.500. The van der Waals surface area contributed by atoms with E-state index < -0.39 is 0 Å². The van der Waals surface area contributed by atoms with Gasteiger partial charge in [-0.25, -0.2) is 4.68 Å². The number of nitrogens with zero attached hydrogens (tertiary/aromatic N) is 4. The Morgan fingerprint density at radius 1 is 1.29 bits per heavy atom. The Balaban J connectivity index is 1.65. The van der Waals surface area contributed by atoms with E-state index in [1.807, 2.05) is 38.1 Å². The largest absolute Gasteiger partial charge is 0.328 e. The highest BCUT2D eigenvalue weighted by atomic mass is 16.2. The molecule has 0 radical (unpaired) electrons. The molecule has 1 fully saturated rings. The molecule has 0 saturated carbocycles. The Morgan fingerprint density at radius 3 is 2.75 bits per heavy atom. The molecule has 0 aliphatic carbocycles. The number of hydrogen-bond donors (Lipinski definition) is 2. The molecule has 2 amide bonds. The van der Waals surface area contributed by atoms with Crippen LogP contribution in [-0.4, -0.2) is 57.9 Å². The zero-order valence-electron chi connectivity index (χ0n) is 16.5. The first-order valence-corrected chi connectivity index (χ1v) is 9.85. The van der Waals surface area contributed by atoms with Crippen LogP contribution in [0.5, 0.6) is 0 Å². The van der Waals surface area contributed by atoms with Gasteiger partial charge in [-0.15, -0.1) is 5.10 Å². The minimum Gasteiger partial charge on any atom is -0.328 e. The molecule has 2 N–H and O–H groups in total. The fourth-order valence-corrected chi connectivity index (χ4v) is 3.38. The zero-order chi connectivity index (χ0) is 19.9. The molecule has 1 aliphatic rings. The van der Waals surface area contributed by atoms with Gasteiger partial charge in [0.2, 0.25) is 5.91 Å². The average Bonchev–Trinajstić information content (AvgIpc) is 3.20. The van der Waals surface area contributed by atoms with Crippen LogP contribution < -0.4 is 10.6 Å². The standard InChI is InChI=1S/C20H28N6O2/c1-3-12-25(14-19(27)22-17-7-5-4-6-15(17)2)20(28)18-13-26(24-23-18)16-8-10-21-11-9-16/h4-7,13,16,21H,3,8-12,14H2,1-2H3,(H,22,27). The van der Waals surface area contributed by atoms with Crippen molar-refractivity contribution >= 4 is 17.5 Å². The summed E-state index contributed by atoms with van der Waals surface area (Å²) < 4.78 is 1.78. The molecule has 28 heavy (non-hydrogen) atoms. The molecule has 1 aliphatic heterocycles. The maximum Gasteiger partial charge on any atom is 0.276 e. The molecule has 0 unspecified atom stereocenters. The second-order valence-electron chi connectivity index (χ2n) is 7.15. The van der Waals surface area contributed by atoms with Gasteiger partial charge in [-0.3, -0.25) is 9.59 Å². The maximum atomic E-state index is 12.9. The number of rotatable bonds is 7. The van der Waals surface area contributed by atoms with Crippen LogP contribution in [0.3, 0.4) is 0 Å². The van der Waals surface area contributed by atoms with Crippen molar-refractivity contribution in [1.82, 2.24) is 25.2 Å². The SMILES string of the molecule is CCCN(CC(=O)Nc1ccccc1C)C(=O)c1cn(C2CCNCC2)nn1. The number of nitrogens with one attached hydrogen (secondary N) is 2. The zero-order valence-corrected chi connectivity index (χ0v) is 16.5. The molecule has 8 nitrogen and oxygen atoms in total. The van der Waals surface area contributed by atoms with Gasteiger partial charge in [-0.2, -0.15) is 0 Å². The van der Waals surface area contributed by atoms with Crippen molar-refractivity contribution in [2.45, 2.75) is 39.2 Å². The van der Waals surface area contributed by atoms with Gasteiger partial charge in [0, 0.05) is 12.2 Å². The highest BCUT2D eigenvalue weighted by molar-refractivity contribution is 5.98. The molecular formula is C20H28N6O2. The van der Waals surface area contributed by atoms with Crippen molar-refractivity contribution in [2.75, 3.05) is 31.5 Å². The summed E-state index contributed by atoms with van der Waals surface area (Å²) in [5.41, 5.74) is 2.03. The maximum absolute atomic E-state index is 12.9. The van der Waals surface area contributed by atoms with E-state index in [1.54, 1.807) is 10.9 Å². The number of carbonyl (C=O) groups is 2. The Kier molecular flexibility index (Phi) is 6.76. The van der Waals surface area contributed by atoms with Crippen LogP contribution in [0.1, 0.15) is 48.3 Å². The van der Waals surface area contributed by atoms with E-state index in [0.29, 0.717) is 6.54 Å². The van der Waals surface area contributed by atoms with Crippen molar-refractivity contribution in [2.24, 2.45) is 0 Å². The predicted molar refractivity (Wildman–Crippen MR) is 107 cm³/mol. The van der Waals surface area contributed by atoms with E-state index in [1.165, 1.54) is 4.90 Å². The third kappa shape index (κ3) is 4.95. The minimum absolute atomic E-state index is 0.0127. The van der Waals surface area contributed by atoms with Gasteiger partial charge in [-0.1, -0.05) is 30.3 Å². The number of para-hydroxylation sites is 1. The molecule has 2 aromatic rings. The molecular weight excluding hydrogens is 356 g/mol. The van der Waals surface area contributed by atoms with E-state index in [4.69, 9.17) is 0 Å². The lowest BCUT2D eigenvalue weighted by Gasteiger charge is -2.22. The molecule has 0 atom stereocenters. The number of amides is 2. The summed E-state index contributed by atoms with van der Waals surface area (Å²) in [4.78, 5) is 26.9. The summed E-state index contributed by atoms with van der Waals surface area (Å²) in [5, 5.41) is 14.4. The summed E-state index contributed by atoms with van der Waals surface area (Å²) in [7, 11) is 0. The highest BCUT2D eigenvalue weighted by Crippen LogP contribution is 2.18. The molecule has 8 heteroatoms. The molecule has 1 aromatic heterocycles. The summed E-state index contributed by atoms with van der Waals surface area (Å²) in [5.74, 6) is -0.483. The molecule has 150 valence electrons. The number of anilines is 1. The Morgan fingerprint density at radius 2 is 2.04 bits per heavy atom. The third-order valence-corrected chi connectivity index (χ3v) is 4.95. The van der Waals surface area contributed by atoms with Crippen LogP contribution >= 0.6 is 0 Å². The number of carbonyl (C=O) groups excluding carboxylic acids is 2. The Bertz CT molecular complexity index is 813. The quantitative estimate of drug-likeness (QED) is 0.762. The first kappa shape index (κ1) is 20.0. The van der Waals surface area contributed by atoms with E-state index >= 15 is 0 Å². The fourth-order valence-electron chi connectivity index (χ4n) is 3.38. The Hall–Kier alpha value is -2.74. The lowest BCUT2D eigenvalue weighted by Crippen LogP contribution is -2.38. The van der Waals surface area contributed by atoms with Crippen molar-refractivity contribution in [3.8, 4) is 0 Å². The van der Waals surface area contributed by atoms with Crippen LogP contribution in [0.4, 0.5) is 5.69 Å². The first-order chi connectivity index (χ1) is 13.6. The van der Waals surface area contributed by atoms with Crippen LogP contribution in [-0.2, 0) is 4.79 Å². The molecule has 2 heterocycles. The van der Waals surface area contributed by atoms with Gasteiger partial charge < -0.3 is 15.5 Å². The van der Waals surface area contributed by atoms with Gasteiger partial charge in [0.15, 0.2) is 5.69 Å². The minimum atomic E-state index is -0.262. The summed E-state index contributed by atoms with van der Waals surface area (Å²) in [6.45, 7) is 6.26. The van der Waals surface area contributed by atoms with E-state index in [0.717, 1.165) is 43.6 Å². The lowest BCUT2D eigenvalue weighted by molar-refractivity contribution is -0.116. The normalized spacial score (nSPS) is 14.6. The lowest BCUT2D eigenvalue weighted by atomic mass is 10.1. The number of piperidine rings is 1. The molecule has 3 rings (SSSR count). The van der Waals surface area contributed by atoms with Crippen molar-refractivity contribution in [3.05, 3.63) is 41.7 Å². The molecule has 1 aromatic carbocycles. The van der Waals surface area contributed by atoms with E-state index in [9.17, 15) is 9.59 Å². The second-order valence-corrected chi connectivity index (χ2v) is 7.15. The molecule has 1 saturated heterocycles. The third-order valence-electron chi connectivity index (χ3n) is 4.95. The van der Waals surface area contributed by atoms with Crippen LogP contribution in [0.15, 0.2) is 30.5 Å². The molecule has 0 spiro atoms. The number of aryl methyl sites for hydroxylation is 1. The summed E-state index contributed by atoms with van der Waals surface area (Å²) in [6.07, 6.45) is 4.40. The smallest absolute Gasteiger partial charge is 0.276 e. The van der Waals surface area contributed by atoms with Crippen molar-refractivity contribution in [3.63, 3.8) is 0 Å².